The van der Waals surface area contributed by atoms with Gasteiger partial charge in [0.15, 0.2) is 0 Å². The summed E-state index contributed by atoms with van der Waals surface area (Å²) < 4.78 is 0. The molecule has 0 N–H and O–H groups in total. The van der Waals surface area contributed by atoms with Gasteiger partial charge in [0.25, 0.3) is 0 Å². The minimum atomic E-state index is -0.327. The lowest BCUT2D eigenvalue weighted by molar-refractivity contribution is 0.754. The molecule has 1 aromatic heterocycles. The highest BCUT2D eigenvalue weighted by Gasteiger charge is 2.47. The largest absolute Gasteiger partial charge is 0.261 e. The van der Waals surface area contributed by atoms with Gasteiger partial charge in [-0.05, 0) is 40.8 Å². The van der Waals surface area contributed by atoms with Crippen molar-refractivity contribution in [3.05, 3.63) is 125 Å². The average molecular weight is 333 g/mol. The summed E-state index contributed by atoms with van der Waals surface area (Å²) in [5.74, 6) is 0. The molecule has 1 heteroatoms. The Bertz CT molecular complexity index is 1040. The number of aryl methyl sites for hydroxylation is 1. The van der Waals surface area contributed by atoms with Crippen molar-refractivity contribution in [2.45, 2.75) is 12.3 Å². The van der Waals surface area contributed by atoms with Crippen LogP contribution in [0.3, 0.4) is 0 Å². The van der Waals surface area contributed by atoms with Crippen LogP contribution in [0.15, 0.2) is 97.2 Å². The maximum atomic E-state index is 4.68. The number of hydrogen-bond acceptors (Lipinski definition) is 1. The molecule has 0 radical (unpaired) electrons. The summed E-state index contributed by atoms with van der Waals surface area (Å²) in [6, 6.07) is 32.6. The average Bonchev–Trinajstić information content (AvgIpc) is 3.02. The fraction of sp³-hybridized carbons (Fsp3) is 0.0800. The van der Waals surface area contributed by atoms with Gasteiger partial charge in [-0.2, -0.15) is 0 Å². The predicted octanol–water partition coefficient (Wildman–Crippen LogP) is 5.75. The summed E-state index contributed by atoms with van der Waals surface area (Å²) in [5, 5.41) is 0. The number of hydrogen-bond donors (Lipinski definition) is 0. The lowest BCUT2D eigenvalue weighted by atomic mass is 9.67. The zero-order valence-electron chi connectivity index (χ0n) is 14.7. The highest BCUT2D eigenvalue weighted by molar-refractivity contribution is 5.86. The van der Waals surface area contributed by atoms with Crippen molar-refractivity contribution >= 4 is 0 Å². The number of nitrogens with zero attached hydrogens (tertiary/aromatic N) is 1. The molecule has 0 saturated carbocycles. The van der Waals surface area contributed by atoms with Gasteiger partial charge < -0.3 is 0 Å². The third-order valence-electron chi connectivity index (χ3n) is 5.55. The minimum absolute atomic E-state index is 0.327. The molecule has 0 aliphatic heterocycles. The van der Waals surface area contributed by atoms with Gasteiger partial charge in [0.05, 0.1) is 5.41 Å². The van der Waals surface area contributed by atoms with E-state index < -0.39 is 0 Å². The second kappa shape index (κ2) is 5.67. The fourth-order valence-electron chi connectivity index (χ4n) is 4.59. The molecule has 0 atom stereocenters. The molecule has 124 valence electrons. The van der Waals surface area contributed by atoms with Crippen molar-refractivity contribution in [2.75, 3.05) is 0 Å². The van der Waals surface area contributed by atoms with Gasteiger partial charge in [0.1, 0.15) is 0 Å². The normalized spacial score (nSPS) is 13.9. The van der Waals surface area contributed by atoms with Crippen LogP contribution < -0.4 is 0 Å². The summed E-state index contributed by atoms with van der Waals surface area (Å²) in [7, 11) is 0. The van der Waals surface area contributed by atoms with Crippen LogP contribution in [0.4, 0.5) is 0 Å². The SMILES string of the molecule is Cc1nccc2c1C(c1ccccc1)(c1ccccc1)c1ccccc1-2. The van der Waals surface area contributed by atoms with E-state index in [0.717, 1.165) is 5.69 Å². The Hall–Kier alpha value is -3.19. The van der Waals surface area contributed by atoms with Crippen LogP contribution in [-0.4, -0.2) is 4.98 Å². The summed E-state index contributed by atoms with van der Waals surface area (Å²) in [6.07, 6.45) is 1.93. The minimum Gasteiger partial charge on any atom is -0.261 e. The Labute approximate surface area is 154 Å². The van der Waals surface area contributed by atoms with E-state index in [0.29, 0.717) is 0 Å². The number of rotatable bonds is 2. The lowest BCUT2D eigenvalue weighted by Gasteiger charge is -2.34. The highest BCUT2D eigenvalue weighted by Crippen LogP contribution is 2.56. The van der Waals surface area contributed by atoms with Crippen molar-refractivity contribution in [3.8, 4) is 11.1 Å². The van der Waals surface area contributed by atoms with Gasteiger partial charge >= 0.3 is 0 Å². The summed E-state index contributed by atoms with van der Waals surface area (Å²) in [4.78, 5) is 4.68. The number of fused-ring (bicyclic) bond motifs is 3. The van der Waals surface area contributed by atoms with Crippen LogP contribution in [-0.2, 0) is 5.41 Å². The first-order valence-electron chi connectivity index (χ1n) is 9.00. The molecule has 1 aliphatic carbocycles. The van der Waals surface area contributed by atoms with Crippen molar-refractivity contribution < 1.29 is 0 Å². The molecule has 4 aromatic rings. The Morgan fingerprint density at radius 3 is 1.85 bits per heavy atom. The monoisotopic (exact) mass is 333 g/mol. The molecule has 0 spiro atoms. The van der Waals surface area contributed by atoms with Crippen LogP contribution in [0.2, 0.25) is 0 Å². The molecule has 1 aliphatic rings. The second-order valence-corrected chi connectivity index (χ2v) is 6.85. The molecule has 1 nitrogen and oxygen atoms in total. The van der Waals surface area contributed by atoms with E-state index in [1.807, 2.05) is 6.20 Å². The first-order chi connectivity index (χ1) is 12.8. The summed E-state index contributed by atoms with van der Waals surface area (Å²) in [6.45, 7) is 2.13. The second-order valence-electron chi connectivity index (χ2n) is 6.85. The third-order valence-corrected chi connectivity index (χ3v) is 5.55. The van der Waals surface area contributed by atoms with E-state index in [1.54, 1.807) is 0 Å². The van der Waals surface area contributed by atoms with Crippen molar-refractivity contribution in [3.63, 3.8) is 0 Å². The van der Waals surface area contributed by atoms with Crippen LogP contribution in [0.5, 0.6) is 0 Å². The van der Waals surface area contributed by atoms with Crippen LogP contribution in [0.1, 0.15) is 27.9 Å². The molecule has 0 amide bonds. The maximum Gasteiger partial charge on any atom is 0.0731 e. The van der Waals surface area contributed by atoms with Gasteiger partial charge in [-0.1, -0.05) is 84.9 Å². The lowest BCUT2D eigenvalue weighted by Crippen LogP contribution is -2.29. The maximum absolute atomic E-state index is 4.68. The molecule has 0 bridgehead atoms. The van der Waals surface area contributed by atoms with E-state index >= 15 is 0 Å². The third kappa shape index (κ3) is 1.89. The smallest absolute Gasteiger partial charge is 0.0731 e. The first kappa shape index (κ1) is 15.1. The molecule has 0 saturated heterocycles. The molecule has 0 unspecified atom stereocenters. The Morgan fingerprint density at radius 2 is 1.19 bits per heavy atom. The zero-order chi connectivity index (χ0) is 17.6. The Morgan fingerprint density at radius 1 is 0.615 bits per heavy atom. The van der Waals surface area contributed by atoms with Gasteiger partial charge in [0, 0.05) is 17.5 Å². The van der Waals surface area contributed by atoms with E-state index in [9.17, 15) is 0 Å². The molecule has 26 heavy (non-hydrogen) atoms. The first-order valence-corrected chi connectivity index (χ1v) is 9.00. The number of pyridine rings is 1. The Kier molecular flexibility index (Phi) is 3.29. The van der Waals surface area contributed by atoms with Gasteiger partial charge in [0.2, 0.25) is 0 Å². The van der Waals surface area contributed by atoms with Gasteiger partial charge in [-0.15, -0.1) is 0 Å². The number of benzene rings is 3. The highest BCUT2D eigenvalue weighted by atomic mass is 14.7. The van der Waals surface area contributed by atoms with Crippen molar-refractivity contribution in [1.82, 2.24) is 4.98 Å². The van der Waals surface area contributed by atoms with E-state index in [1.165, 1.54) is 33.4 Å². The molecule has 0 fully saturated rings. The summed E-state index contributed by atoms with van der Waals surface area (Å²) >= 11 is 0. The van der Waals surface area contributed by atoms with E-state index in [2.05, 4.69) is 103 Å². The van der Waals surface area contributed by atoms with Gasteiger partial charge in [-0.25, -0.2) is 0 Å². The molecule has 3 aromatic carbocycles. The van der Waals surface area contributed by atoms with Crippen LogP contribution in [0.25, 0.3) is 11.1 Å². The van der Waals surface area contributed by atoms with E-state index in [-0.39, 0.29) is 5.41 Å². The van der Waals surface area contributed by atoms with E-state index in [4.69, 9.17) is 0 Å². The topological polar surface area (TPSA) is 12.9 Å². The number of aromatic nitrogens is 1. The van der Waals surface area contributed by atoms with Crippen molar-refractivity contribution in [2.24, 2.45) is 0 Å². The molecule has 1 heterocycles. The molecular formula is C25H19N. The quantitative estimate of drug-likeness (QED) is 0.400. The van der Waals surface area contributed by atoms with Crippen molar-refractivity contribution in [1.29, 1.82) is 0 Å². The summed E-state index contributed by atoms with van der Waals surface area (Å²) in [5.41, 5.74) is 8.57. The zero-order valence-corrected chi connectivity index (χ0v) is 14.7. The van der Waals surface area contributed by atoms with Crippen LogP contribution >= 0.6 is 0 Å². The molecule has 5 rings (SSSR count). The molecular weight excluding hydrogens is 314 g/mol. The fourth-order valence-corrected chi connectivity index (χ4v) is 4.59. The Balaban J connectivity index is 2.01. The van der Waals surface area contributed by atoms with Crippen LogP contribution in [0, 0.1) is 6.92 Å². The predicted molar refractivity (Wildman–Crippen MR) is 106 cm³/mol. The van der Waals surface area contributed by atoms with Gasteiger partial charge in [-0.3, -0.25) is 4.98 Å². The standard InChI is InChI=1S/C25H19N/c1-18-24-22(16-17-26-18)21-14-8-9-15-23(21)25(24,19-10-4-2-5-11-19)20-12-6-3-7-13-20/h2-17H,1H3.